The van der Waals surface area contributed by atoms with E-state index in [1.54, 1.807) is 0 Å². The Morgan fingerprint density at radius 3 is 1.95 bits per heavy atom. The van der Waals surface area contributed by atoms with Gasteiger partial charge in [-0.2, -0.15) is 0 Å². The van der Waals surface area contributed by atoms with Gasteiger partial charge in [-0.3, -0.25) is 0 Å². The van der Waals surface area contributed by atoms with Gasteiger partial charge < -0.3 is 9.13 Å². The fraction of sp³-hybridized carbons (Fsp3) is 0. The predicted molar refractivity (Wildman–Crippen MR) is 182 cm³/mol. The van der Waals surface area contributed by atoms with Crippen LogP contribution >= 0.6 is 0 Å². The number of aromatic nitrogens is 4. The number of fused-ring (bicyclic) bond motifs is 6. The molecule has 0 aliphatic rings. The summed E-state index contributed by atoms with van der Waals surface area (Å²) >= 11 is 0. The summed E-state index contributed by atoms with van der Waals surface area (Å²) in [6, 6.07) is 53.2. The highest BCUT2D eigenvalue weighted by atomic mass is 15.0. The fourth-order valence-electron chi connectivity index (χ4n) is 6.53. The van der Waals surface area contributed by atoms with Crippen LogP contribution in [0.3, 0.4) is 0 Å². The van der Waals surface area contributed by atoms with E-state index in [1.807, 2.05) is 18.2 Å². The average molecular weight is 563 g/mol. The van der Waals surface area contributed by atoms with Crippen LogP contribution in [-0.2, 0) is 0 Å². The maximum Gasteiger partial charge on any atom is 0.160 e. The maximum atomic E-state index is 5.09. The molecule has 9 rings (SSSR count). The van der Waals surface area contributed by atoms with Crippen molar-refractivity contribution in [3.63, 3.8) is 0 Å². The van der Waals surface area contributed by atoms with E-state index < -0.39 is 0 Å². The van der Waals surface area contributed by atoms with Crippen LogP contribution < -0.4 is 0 Å². The van der Waals surface area contributed by atoms with Gasteiger partial charge in [0, 0.05) is 50.2 Å². The van der Waals surface area contributed by atoms with E-state index >= 15 is 0 Å². The minimum Gasteiger partial charge on any atom is -0.315 e. The molecule has 0 N–H and O–H groups in total. The molecule has 0 aliphatic heterocycles. The van der Waals surface area contributed by atoms with E-state index in [4.69, 9.17) is 9.97 Å². The molecule has 6 aromatic carbocycles. The third kappa shape index (κ3) is 3.78. The molecule has 3 heterocycles. The van der Waals surface area contributed by atoms with Crippen molar-refractivity contribution in [3.05, 3.63) is 158 Å². The van der Waals surface area contributed by atoms with Crippen LogP contribution in [-0.4, -0.2) is 19.1 Å². The van der Waals surface area contributed by atoms with Gasteiger partial charge in [0.25, 0.3) is 0 Å². The zero-order valence-corrected chi connectivity index (χ0v) is 23.8. The number of hydrogen-bond donors (Lipinski definition) is 0. The highest BCUT2D eigenvalue weighted by molar-refractivity contribution is 6.18. The second kappa shape index (κ2) is 9.79. The summed E-state index contributed by atoms with van der Waals surface area (Å²) in [5, 5.41) is 4.73. The van der Waals surface area contributed by atoms with E-state index in [1.165, 1.54) is 32.7 Å². The molecular formula is C40H26N4. The van der Waals surface area contributed by atoms with Crippen LogP contribution in [0.5, 0.6) is 0 Å². The van der Waals surface area contributed by atoms with Gasteiger partial charge in [0.1, 0.15) is 0 Å². The molecular weight excluding hydrogens is 536 g/mol. The normalized spacial score (nSPS) is 11.6. The Labute approximate surface area is 254 Å². The van der Waals surface area contributed by atoms with E-state index in [-0.39, 0.29) is 0 Å². The van der Waals surface area contributed by atoms with E-state index in [0.717, 1.165) is 44.9 Å². The predicted octanol–water partition coefficient (Wildman–Crippen LogP) is 10.0. The lowest BCUT2D eigenvalue weighted by molar-refractivity contribution is 1.11. The lowest BCUT2D eigenvalue weighted by Crippen LogP contribution is -1.98. The monoisotopic (exact) mass is 562 g/mol. The smallest absolute Gasteiger partial charge is 0.160 e. The van der Waals surface area contributed by atoms with Crippen molar-refractivity contribution >= 4 is 43.6 Å². The first-order chi connectivity index (χ1) is 21.8. The van der Waals surface area contributed by atoms with Crippen molar-refractivity contribution in [1.82, 2.24) is 19.1 Å². The SMILES string of the molecule is c1ccc(-c2nc(-c3ccc(-n4c5ccccc5c5ccc6ccn(-c7ccccc7)c6c54)cc3)nc3ccccc23)cc1. The minimum absolute atomic E-state index is 0.719. The molecule has 0 atom stereocenters. The third-order valence-corrected chi connectivity index (χ3v) is 8.55. The number of hydrogen-bond acceptors (Lipinski definition) is 2. The Bertz CT molecular complexity index is 2470. The lowest BCUT2D eigenvalue weighted by atomic mass is 10.1. The van der Waals surface area contributed by atoms with Crippen LogP contribution in [0.4, 0.5) is 0 Å². The van der Waals surface area contributed by atoms with Gasteiger partial charge in [-0.15, -0.1) is 0 Å². The zero-order chi connectivity index (χ0) is 29.0. The van der Waals surface area contributed by atoms with Crippen molar-refractivity contribution in [1.29, 1.82) is 0 Å². The molecule has 0 unspecified atom stereocenters. The molecule has 44 heavy (non-hydrogen) atoms. The van der Waals surface area contributed by atoms with Crippen LogP contribution in [0.1, 0.15) is 0 Å². The molecule has 0 aliphatic carbocycles. The average Bonchev–Trinajstić information content (AvgIpc) is 3.68. The lowest BCUT2D eigenvalue weighted by Gasteiger charge is -2.13. The fourth-order valence-corrected chi connectivity index (χ4v) is 6.53. The molecule has 0 spiro atoms. The number of rotatable bonds is 4. The summed E-state index contributed by atoms with van der Waals surface area (Å²) in [6.07, 6.45) is 2.17. The first kappa shape index (κ1) is 24.6. The third-order valence-electron chi connectivity index (χ3n) is 8.55. The highest BCUT2D eigenvalue weighted by Gasteiger charge is 2.18. The summed E-state index contributed by atoms with van der Waals surface area (Å²) < 4.78 is 4.70. The Morgan fingerprint density at radius 2 is 1.14 bits per heavy atom. The second-order valence-corrected chi connectivity index (χ2v) is 11.1. The van der Waals surface area contributed by atoms with Crippen LogP contribution in [0.2, 0.25) is 0 Å². The Hall–Kier alpha value is -6.00. The number of benzene rings is 6. The Morgan fingerprint density at radius 1 is 0.432 bits per heavy atom. The van der Waals surface area contributed by atoms with E-state index in [0.29, 0.717) is 0 Å². The maximum absolute atomic E-state index is 5.09. The van der Waals surface area contributed by atoms with Gasteiger partial charge in [0.05, 0.1) is 27.8 Å². The van der Waals surface area contributed by atoms with Crippen molar-refractivity contribution in [2.24, 2.45) is 0 Å². The summed E-state index contributed by atoms with van der Waals surface area (Å²) in [4.78, 5) is 10.1. The molecule has 206 valence electrons. The van der Waals surface area contributed by atoms with Crippen molar-refractivity contribution < 1.29 is 0 Å². The van der Waals surface area contributed by atoms with Crippen molar-refractivity contribution in [3.8, 4) is 34.0 Å². The van der Waals surface area contributed by atoms with E-state index in [9.17, 15) is 0 Å². The van der Waals surface area contributed by atoms with Gasteiger partial charge in [-0.25, -0.2) is 9.97 Å². The summed E-state index contributed by atoms with van der Waals surface area (Å²) in [7, 11) is 0. The van der Waals surface area contributed by atoms with Crippen LogP contribution in [0.25, 0.3) is 77.6 Å². The van der Waals surface area contributed by atoms with Crippen LogP contribution in [0, 0.1) is 0 Å². The first-order valence-corrected chi connectivity index (χ1v) is 14.9. The van der Waals surface area contributed by atoms with Gasteiger partial charge >= 0.3 is 0 Å². The summed E-state index contributed by atoms with van der Waals surface area (Å²) in [5.74, 6) is 0.719. The quantitative estimate of drug-likeness (QED) is 0.214. The molecule has 0 radical (unpaired) electrons. The van der Waals surface area contributed by atoms with Gasteiger partial charge in [-0.1, -0.05) is 97.1 Å². The molecule has 0 saturated carbocycles. The molecule has 4 heteroatoms. The van der Waals surface area contributed by atoms with Crippen molar-refractivity contribution in [2.45, 2.75) is 0 Å². The van der Waals surface area contributed by atoms with E-state index in [2.05, 4.69) is 149 Å². The summed E-state index contributed by atoms with van der Waals surface area (Å²) in [5.41, 5.74) is 9.75. The second-order valence-electron chi connectivity index (χ2n) is 11.1. The first-order valence-electron chi connectivity index (χ1n) is 14.9. The van der Waals surface area contributed by atoms with Gasteiger partial charge in [0.15, 0.2) is 5.82 Å². The molecule has 3 aromatic heterocycles. The largest absolute Gasteiger partial charge is 0.315 e. The van der Waals surface area contributed by atoms with Crippen molar-refractivity contribution in [2.75, 3.05) is 0 Å². The molecule has 0 amide bonds. The molecule has 0 fully saturated rings. The number of nitrogens with zero attached hydrogens (tertiary/aromatic N) is 4. The minimum atomic E-state index is 0.719. The molecule has 0 bridgehead atoms. The number of para-hydroxylation sites is 3. The Balaban J connectivity index is 1.25. The van der Waals surface area contributed by atoms with Gasteiger partial charge in [-0.05, 0) is 54.6 Å². The Kier molecular flexibility index (Phi) is 5.47. The topological polar surface area (TPSA) is 35.6 Å². The zero-order valence-electron chi connectivity index (χ0n) is 23.8. The molecule has 4 nitrogen and oxygen atoms in total. The van der Waals surface area contributed by atoms with Gasteiger partial charge in [0.2, 0.25) is 0 Å². The summed E-state index contributed by atoms with van der Waals surface area (Å²) in [6.45, 7) is 0. The van der Waals surface area contributed by atoms with Crippen LogP contribution in [0.15, 0.2) is 158 Å². The molecule has 0 saturated heterocycles. The molecule has 9 aromatic rings. The highest BCUT2D eigenvalue weighted by Crippen LogP contribution is 2.38. The standard InChI is InChI=1S/C40H26N4/c1-3-11-27(12-4-1)37-34-16-7-9-17-35(34)41-40(42-37)29-19-22-31(23-20-29)44-36-18-10-8-15-32(36)33-24-21-28-25-26-43(38(28)39(33)44)30-13-5-2-6-14-30/h1-26H.